The number of nitrogens with zero attached hydrogens (tertiary/aromatic N) is 4. The van der Waals surface area contributed by atoms with E-state index in [1.54, 1.807) is 27.7 Å². The van der Waals surface area contributed by atoms with E-state index >= 15 is 4.39 Å². The highest BCUT2D eigenvalue weighted by Crippen LogP contribution is 2.42. The van der Waals surface area contributed by atoms with Crippen molar-refractivity contribution in [3.63, 3.8) is 0 Å². The van der Waals surface area contributed by atoms with Gasteiger partial charge >= 0.3 is 18.3 Å². The summed E-state index contributed by atoms with van der Waals surface area (Å²) in [7, 11) is -3.35. The van der Waals surface area contributed by atoms with Gasteiger partial charge in [-0.1, -0.05) is 0 Å². The Bertz CT molecular complexity index is 1910. The molecule has 1 aromatic carbocycles. The lowest BCUT2D eigenvalue weighted by molar-refractivity contribution is 0.0345. The number of ether oxygens (including phenoxy) is 3. The van der Waals surface area contributed by atoms with Crippen molar-refractivity contribution in [2.75, 3.05) is 41.8 Å². The zero-order chi connectivity index (χ0) is 33.8. The van der Waals surface area contributed by atoms with E-state index in [-0.39, 0.29) is 71.1 Å². The monoisotopic (exact) mass is 672 g/mol. The molecule has 0 atom stereocenters. The third-order valence-electron chi connectivity index (χ3n) is 7.83. The smallest absolute Gasteiger partial charge is 0.413 e. The van der Waals surface area contributed by atoms with Gasteiger partial charge < -0.3 is 19.3 Å². The van der Waals surface area contributed by atoms with Crippen LogP contribution in [0.3, 0.4) is 0 Å². The molecule has 2 aromatic heterocycles. The summed E-state index contributed by atoms with van der Waals surface area (Å²) in [5, 5.41) is 14.9. The second-order valence-electron chi connectivity index (χ2n) is 12.5. The maximum atomic E-state index is 16.4. The second-order valence-corrected chi connectivity index (χ2v) is 14.7. The van der Waals surface area contributed by atoms with E-state index in [0.717, 1.165) is 4.90 Å². The second kappa shape index (κ2) is 11.8. The van der Waals surface area contributed by atoms with Gasteiger partial charge in [-0.3, -0.25) is 15.5 Å². The first kappa shape index (κ1) is 32.2. The molecule has 2 fully saturated rings. The number of hydrogen-bond acceptors (Lipinski definition) is 10. The summed E-state index contributed by atoms with van der Waals surface area (Å²) in [4.78, 5) is 46.9. The van der Waals surface area contributed by atoms with Crippen LogP contribution in [0.1, 0.15) is 39.2 Å². The molecule has 0 bridgehead atoms. The standard InChI is InChI=1S/C30H33FN6O9S/c1-15-20(11-33-26-25(15)37(29(40)41)7-8-44-26)19-9-16-10-22(32-12-21(16)24(23(19)31)35-28(39)46-30(2,3)4)34-27(38)45-17-13-36(14-17)47(42,43)18-5-6-18/h9-12,17-18H,5-8,13-14H2,1-4H3,(H,35,39)(H,40,41)(H,32,34,38). The van der Waals surface area contributed by atoms with E-state index in [2.05, 4.69) is 20.6 Å². The Morgan fingerprint density at radius 2 is 1.79 bits per heavy atom. The van der Waals surface area contributed by atoms with Gasteiger partial charge in [0, 0.05) is 28.9 Å². The number of amides is 3. The van der Waals surface area contributed by atoms with Gasteiger partial charge in [0.05, 0.1) is 30.6 Å². The van der Waals surface area contributed by atoms with Gasteiger partial charge in [-0.15, -0.1) is 0 Å². The molecule has 2 aliphatic heterocycles. The molecular weight excluding hydrogens is 639 g/mol. The zero-order valence-corrected chi connectivity index (χ0v) is 26.8. The molecule has 3 amide bonds. The molecule has 17 heteroatoms. The Balaban J connectivity index is 1.33. The minimum Gasteiger partial charge on any atom is -0.474 e. The Morgan fingerprint density at radius 3 is 2.45 bits per heavy atom. The molecule has 47 heavy (non-hydrogen) atoms. The number of rotatable bonds is 6. The number of hydrogen-bond donors (Lipinski definition) is 3. The van der Waals surface area contributed by atoms with E-state index in [1.807, 2.05) is 0 Å². The van der Waals surface area contributed by atoms with Crippen molar-refractivity contribution in [3.8, 4) is 17.0 Å². The summed E-state index contributed by atoms with van der Waals surface area (Å²) in [6.07, 6.45) is 0.250. The predicted molar refractivity (Wildman–Crippen MR) is 168 cm³/mol. The largest absolute Gasteiger partial charge is 0.474 e. The molecule has 1 saturated carbocycles. The highest BCUT2D eigenvalue weighted by Gasteiger charge is 2.46. The lowest BCUT2D eigenvalue weighted by Crippen LogP contribution is -2.56. The summed E-state index contributed by atoms with van der Waals surface area (Å²) < 4.78 is 58.6. The van der Waals surface area contributed by atoms with Crippen LogP contribution in [0, 0.1) is 12.7 Å². The number of sulfonamides is 1. The molecule has 0 spiro atoms. The molecule has 3 aromatic rings. The maximum Gasteiger partial charge on any atom is 0.413 e. The quantitative estimate of drug-likeness (QED) is 0.329. The van der Waals surface area contributed by atoms with Crippen molar-refractivity contribution in [2.45, 2.75) is 57.5 Å². The number of halogens is 1. The molecule has 4 heterocycles. The summed E-state index contributed by atoms with van der Waals surface area (Å²) in [5.74, 6) is -0.734. The molecule has 1 aliphatic carbocycles. The Labute approximate surface area is 269 Å². The van der Waals surface area contributed by atoms with Gasteiger partial charge in [0.1, 0.15) is 29.8 Å². The van der Waals surface area contributed by atoms with Crippen LogP contribution in [0.2, 0.25) is 0 Å². The average molecular weight is 673 g/mol. The van der Waals surface area contributed by atoms with Crippen LogP contribution < -0.4 is 20.3 Å². The molecule has 0 unspecified atom stereocenters. The molecule has 3 N–H and O–H groups in total. The number of nitrogens with one attached hydrogen (secondary N) is 2. The molecule has 6 rings (SSSR count). The topological polar surface area (TPSA) is 190 Å². The molecule has 0 radical (unpaired) electrons. The number of pyridine rings is 2. The summed E-state index contributed by atoms with van der Waals surface area (Å²) in [5.41, 5.74) is -0.410. The van der Waals surface area contributed by atoms with Crippen LogP contribution in [0.15, 0.2) is 24.5 Å². The van der Waals surface area contributed by atoms with E-state index in [4.69, 9.17) is 14.2 Å². The average Bonchev–Trinajstić information content (AvgIpc) is 3.82. The summed E-state index contributed by atoms with van der Waals surface area (Å²) in [6, 6.07) is 2.90. The third kappa shape index (κ3) is 6.44. The van der Waals surface area contributed by atoms with E-state index in [0.29, 0.717) is 23.8 Å². The normalized spacial score (nSPS) is 16.9. The van der Waals surface area contributed by atoms with Crippen LogP contribution in [-0.2, 0) is 19.5 Å². The van der Waals surface area contributed by atoms with Crippen molar-refractivity contribution in [3.05, 3.63) is 35.9 Å². The van der Waals surface area contributed by atoms with Crippen LogP contribution in [-0.4, -0.2) is 89.3 Å². The SMILES string of the molecule is Cc1c(-c2cc3cc(NC(=O)OC4CN(S(=O)(=O)C5CC5)C4)ncc3c(NC(=O)OC(C)(C)C)c2F)cnc2c1N(C(=O)O)CCO2. The summed E-state index contributed by atoms with van der Waals surface area (Å²) in [6.45, 7) is 6.86. The number of carboxylic acid groups (broad SMARTS) is 1. The lowest BCUT2D eigenvalue weighted by Gasteiger charge is -2.37. The van der Waals surface area contributed by atoms with E-state index < -0.39 is 45.8 Å². The number of fused-ring (bicyclic) bond motifs is 2. The maximum absolute atomic E-state index is 16.4. The van der Waals surface area contributed by atoms with Gasteiger partial charge in [0.25, 0.3) is 0 Å². The van der Waals surface area contributed by atoms with Gasteiger partial charge in [-0.2, -0.15) is 4.31 Å². The van der Waals surface area contributed by atoms with Gasteiger partial charge in [0.2, 0.25) is 15.9 Å². The number of aromatic nitrogens is 2. The first-order chi connectivity index (χ1) is 22.1. The van der Waals surface area contributed by atoms with Gasteiger partial charge in [-0.25, -0.2) is 37.2 Å². The Morgan fingerprint density at radius 1 is 1.06 bits per heavy atom. The fraction of sp³-hybridized carbons (Fsp3) is 0.433. The fourth-order valence-corrected chi connectivity index (χ4v) is 7.31. The van der Waals surface area contributed by atoms with Gasteiger partial charge in [0.15, 0.2) is 5.82 Å². The van der Waals surface area contributed by atoms with Crippen molar-refractivity contribution in [1.82, 2.24) is 14.3 Å². The van der Waals surface area contributed by atoms with Crippen LogP contribution in [0.4, 0.5) is 36.0 Å². The molecule has 250 valence electrons. The number of anilines is 3. The lowest BCUT2D eigenvalue weighted by atomic mass is 9.96. The highest BCUT2D eigenvalue weighted by molar-refractivity contribution is 7.90. The van der Waals surface area contributed by atoms with Crippen molar-refractivity contribution in [2.24, 2.45) is 0 Å². The van der Waals surface area contributed by atoms with Crippen LogP contribution >= 0.6 is 0 Å². The number of benzene rings is 1. The van der Waals surface area contributed by atoms with Crippen LogP contribution in [0.5, 0.6) is 5.88 Å². The fourth-order valence-electron chi connectivity index (χ4n) is 5.41. The first-order valence-electron chi connectivity index (χ1n) is 14.8. The van der Waals surface area contributed by atoms with Crippen molar-refractivity contribution < 1.29 is 46.5 Å². The zero-order valence-electron chi connectivity index (χ0n) is 26.0. The number of carbonyl (C=O) groups is 3. The van der Waals surface area contributed by atoms with Crippen molar-refractivity contribution >= 4 is 56.3 Å². The first-order valence-corrected chi connectivity index (χ1v) is 16.3. The number of carbonyl (C=O) groups excluding carboxylic acids is 2. The van der Waals surface area contributed by atoms with Gasteiger partial charge in [-0.05, 0) is 63.6 Å². The molecule has 15 nitrogen and oxygen atoms in total. The molecule has 1 saturated heterocycles. The Hall–Kier alpha value is -4.77. The predicted octanol–water partition coefficient (Wildman–Crippen LogP) is 4.69. The highest BCUT2D eigenvalue weighted by atomic mass is 32.2. The third-order valence-corrected chi connectivity index (χ3v) is 10.2. The molecule has 3 aliphatic rings. The summed E-state index contributed by atoms with van der Waals surface area (Å²) >= 11 is 0. The minimum atomic E-state index is -3.35. The van der Waals surface area contributed by atoms with E-state index in [1.165, 1.54) is 28.8 Å². The van der Waals surface area contributed by atoms with Crippen LogP contribution in [0.25, 0.3) is 21.9 Å². The molecular formula is C30H33FN6O9S. The minimum absolute atomic E-state index is 0.0292. The van der Waals surface area contributed by atoms with Crippen molar-refractivity contribution in [1.29, 1.82) is 0 Å². The van der Waals surface area contributed by atoms with E-state index in [9.17, 15) is 27.9 Å². The Kier molecular flexibility index (Phi) is 8.07.